The Morgan fingerprint density at radius 3 is 2.48 bits per heavy atom. The van der Waals surface area contributed by atoms with Crippen LogP contribution in [0.25, 0.3) is 11.0 Å². The molecule has 33 heavy (non-hydrogen) atoms. The van der Waals surface area contributed by atoms with Gasteiger partial charge in [-0.25, -0.2) is 4.79 Å². The summed E-state index contributed by atoms with van der Waals surface area (Å²) in [6.07, 6.45) is 0.928. The van der Waals surface area contributed by atoms with E-state index < -0.39 is 0 Å². The number of benzene rings is 2. The lowest BCUT2D eigenvalue weighted by Gasteiger charge is -2.34. The molecule has 0 saturated carbocycles. The maximum absolute atomic E-state index is 13.1. The minimum absolute atomic E-state index is 0.0201. The largest absolute Gasteiger partial charge is 0.507 e. The van der Waals surface area contributed by atoms with Gasteiger partial charge in [0.15, 0.2) is 11.5 Å². The summed E-state index contributed by atoms with van der Waals surface area (Å²) in [7, 11) is 1.52. The monoisotopic (exact) mass is 454 g/mol. The van der Waals surface area contributed by atoms with Crippen molar-refractivity contribution in [2.24, 2.45) is 0 Å². The molecule has 1 N–H and O–H groups in total. The molecule has 1 saturated heterocycles. The number of fused-ring (bicyclic) bond motifs is 1. The molecule has 0 bridgehead atoms. The lowest BCUT2D eigenvalue weighted by molar-refractivity contribution is 0.0776. The highest BCUT2D eigenvalue weighted by molar-refractivity contribution is 5.83. The molecule has 1 fully saturated rings. The number of carbonyl (C=O) groups is 1. The van der Waals surface area contributed by atoms with Gasteiger partial charge in [-0.3, -0.25) is 9.69 Å². The van der Waals surface area contributed by atoms with Crippen LogP contribution in [0.1, 0.15) is 12.5 Å². The molecule has 1 amide bonds. The number of hydrogen-bond acceptors (Lipinski definition) is 8. The molecule has 4 rings (SSSR count). The molecule has 0 radical (unpaired) electrons. The van der Waals surface area contributed by atoms with Gasteiger partial charge >= 0.3 is 6.09 Å². The van der Waals surface area contributed by atoms with Crippen LogP contribution in [-0.4, -0.2) is 60.9 Å². The Morgan fingerprint density at radius 2 is 1.79 bits per heavy atom. The Labute approximate surface area is 190 Å². The van der Waals surface area contributed by atoms with E-state index in [9.17, 15) is 14.7 Å². The molecule has 0 unspecified atom stereocenters. The van der Waals surface area contributed by atoms with Gasteiger partial charge in [0, 0.05) is 32.7 Å². The third-order valence-corrected chi connectivity index (χ3v) is 5.56. The van der Waals surface area contributed by atoms with Crippen molar-refractivity contribution in [1.29, 1.82) is 0 Å². The highest BCUT2D eigenvalue weighted by Gasteiger charge is 2.24. The number of phenols is 1. The number of carbonyl (C=O) groups excluding carboxylic acids is 1. The van der Waals surface area contributed by atoms with Crippen molar-refractivity contribution in [2.75, 3.05) is 39.9 Å². The van der Waals surface area contributed by atoms with Crippen molar-refractivity contribution in [1.82, 2.24) is 9.80 Å². The number of piperazine rings is 1. The number of hydrogen-bond donors (Lipinski definition) is 1. The summed E-state index contributed by atoms with van der Waals surface area (Å²) in [6.45, 7) is 4.73. The summed E-state index contributed by atoms with van der Waals surface area (Å²) in [4.78, 5) is 28.7. The first kappa shape index (κ1) is 22.5. The fourth-order valence-corrected chi connectivity index (χ4v) is 3.80. The molecule has 1 aliphatic heterocycles. The first-order valence-corrected chi connectivity index (χ1v) is 10.7. The van der Waals surface area contributed by atoms with Crippen LogP contribution in [0.15, 0.2) is 51.9 Å². The molecule has 2 heterocycles. The molecule has 1 aromatic heterocycles. The van der Waals surface area contributed by atoms with Gasteiger partial charge < -0.3 is 28.6 Å². The normalized spacial score (nSPS) is 14.3. The summed E-state index contributed by atoms with van der Waals surface area (Å²) in [5.74, 6) is 0.944. The Balaban J connectivity index is 1.56. The molecule has 9 nitrogen and oxygen atoms in total. The molecule has 174 valence electrons. The van der Waals surface area contributed by atoms with Crippen molar-refractivity contribution in [3.05, 3.63) is 58.4 Å². The predicted octanol–water partition coefficient (Wildman–Crippen LogP) is 3.57. The Bertz CT molecular complexity index is 1200. The van der Waals surface area contributed by atoms with E-state index in [2.05, 4.69) is 4.90 Å². The highest BCUT2D eigenvalue weighted by Crippen LogP contribution is 2.32. The third-order valence-electron chi connectivity index (χ3n) is 5.56. The lowest BCUT2D eigenvalue weighted by atomic mass is 10.1. The molecular formula is C24H26N2O7. The first-order chi connectivity index (χ1) is 16.0. The van der Waals surface area contributed by atoms with Gasteiger partial charge in [-0.1, -0.05) is 12.1 Å². The second-order valence-corrected chi connectivity index (χ2v) is 7.58. The van der Waals surface area contributed by atoms with Crippen LogP contribution in [0.3, 0.4) is 0 Å². The second-order valence-electron chi connectivity index (χ2n) is 7.58. The SMILES string of the molecule is CCOC(=O)N1CCN(Cc2c(O)ccc3c(=O)c(Oc4ccccc4OC)coc23)CC1. The molecule has 0 spiro atoms. The first-order valence-electron chi connectivity index (χ1n) is 10.7. The number of para-hydroxylation sites is 2. The van der Waals surface area contributed by atoms with Crippen LogP contribution in [0.4, 0.5) is 4.79 Å². The van der Waals surface area contributed by atoms with Crippen molar-refractivity contribution in [3.63, 3.8) is 0 Å². The van der Waals surface area contributed by atoms with Gasteiger partial charge in [-0.15, -0.1) is 0 Å². The van der Waals surface area contributed by atoms with Gasteiger partial charge in [-0.05, 0) is 31.2 Å². The maximum atomic E-state index is 13.1. The predicted molar refractivity (Wildman–Crippen MR) is 121 cm³/mol. The zero-order valence-corrected chi connectivity index (χ0v) is 18.6. The van der Waals surface area contributed by atoms with Gasteiger partial charge in [0.1, 0.15) is 17.6 Å². The van der Waals surface area contributed by atoms with Crippen LogP contribution in [0.2, 0.25) is 0 Å². The number of ether oxygens (including phenoxy) is 3. The van der Waals surface area contributed by atoms with Crippen LogP contribution < -0.4 is 14.9 Å². The fourth-order valence-electron chi connectivity index (χ4n) is 3.80. The quantitative estimate of drug-likeness (QED) is 0.603. The minimum Gasteiger partial charge on any atom is -0.507 e. The second kappa shape index (κ2) is 9.83. The molecule has 1 aliphatic rings. The fraction of sp³-hybridized carbons (Fsp3) is 0.333. The van der Waals surface area contributed by atoms with Crippen LogP contribution in [0, 0.1) is 0 Å². The van der Waals surface area contributed by atoms with Crippen molar-refractivity contribution in [3.8, 4) is 23.0 Å². The molecular weight excluding hydrogens is 428 g/mol. The van der Waals surface area contributed by atoms with Crippen LogP contribution >= 0.6 is 0 Å². The zero-order chi connectivity index (χ0) is 23.4. The van der Waals surface area contributed by atoms with Crippen molar-refractivity contribution < 1.29 is 28.5 Å². The summed E-state index contributed by atoms with van der Waals surface area (Å²) < 4.78 is 21.9. The number of nitrogens with zero attached hydrogens (tertiary/aromatic N) is 2. The van der Waals surface area contributed by atoms with E-state index in [-0.39, 0.29) is 23.0 Å². The molecule has 0 atom stereocenters. The molecule has 0 aliphatic carbocycles. The van der Waals surface area contributed by atoms with E-state index in [0.717, 1.165) is 0 Å². The number of aromatic hydroxyl groups is 1. The smallest absolute Gasteiger partial charge is 0.409 e. The van der Waals surface area contributed by atoms with Gasteiger partial charge in [0.05, 0.1) is 24.7 Å². The zero-order valence-electron chi connectivity index (χ0n) is 18.6. The van der Waals surface area contributed by atoms with Gasteiger partial charge in [0.2, 0.25) is 11.2 Å². The summed E-state index contributed by atoms with van der Waals surface area (Å²) in [5, 5.41) is 10.8. The summed E-state index contributed by atoms with van der Waals surface area (Å²) in [5.41, 5.74) is 0.466. The maximum Gasteiger partial charge on any atom is 0.409 e. The van der Waals surface area contributed by atoms with Gasteiger partial charge in [-0.2, -0.15) is 0 Å². The van der Waals surface area contributed by atoms with E-state index in [0.29, 0.717) is 67.4 Å². The van der Waals surface area contributed by atoms with Crippen LogP contribution in [0.5, 0.6) is 23.0 Å². The van der Waals surface area contributed by atoms with E-state index in [1.54, 1.807) is 36.1 Å². The van der Waals surface area contributed by atoms with E-state index in [1.807, 2.05) is 0 Å². The average molecular weight is 454 g/mol. The van der Waals surface area contributed by atoms with E-state index in [1.165, 1.54) is 25.5 Å². The van der Waals surface area contributed by atoms with Crippen molar-refractivity contribution in [2.45, 2.75) is 13.5 Å². The highest BCUT2D eigenvalue weighted by atomic mass is 16.6. The molecule has 9 heteroatoms. The number of methoxy groups -OCH3 is 1. The Morgan fingerprint density at radius 1 is 1.06 bits per heavy atom. The summed E-state index contributed by atoms with van der Waals surface area (Å²) in [6, 6.07) is 10.0. The Hall–Kier alpha value is -3.72. The topological polar surface area (TPSA) is 102 Å². The Kier molecular flexibility index (Phi) is 6.69. The standard InChI is InChI=1S/C24H26N2O7/c1-3-31-24(29)26-12-10-25(11-13-26)14-17-18(27)9-8-16-22(28)21(15-32-23(16)17)33-20-7-5-4-6-19(20)30-2/h4-9,15,27H,3,10-14H2,1-2H3. The minimum atomic E-state index is -0.351. The van der Waals surface area contributed by atoms with Gasteiger partial charge in [0.25, 0.3) is 0 Å². The average Bonchev–Trinajstić information content (AvgIpc) is 2.83. The van der Waals surface area contributed by atoms with E-state index in [4.69, 9.17) is 18.6 Å². The number of rotatable bonds is 6. The number of phenolic OH excluding ortho intramolecular Hbond substituents is 1. The number of amides is 1. The molecule has 2 aromatic carbocycles. The lowest BCUT2D eigenvalue weighted by Crippen LogP contribution is -2.48. The van der Waals surface area contributed by atoms with E-state index >= 15 is 0 Å². The third kappa shape index (κ3) is 4.73. The summed E-state index contributed by atoms with van der Waals surface area (Å²) >= 11 is 0. The van der Waals surface area contributed by atoms with Crippen LogP contribution in [-0.2, 0) is 11.3 Å². The molecule has 3 aromatic rings. The van der Waals surface area contributed by atoms with Crippen molar-refractivity contribution >= 4 is 17.1 Å².